The van der Waals surface area contributed by atoms with E-state index in [0.717, 1.165) is 22.3 Å². The fraction of sp³-hybridized carbons (Fsp3) is 0.312. The standard InChI is InChI=1S/C32H32N2O4/c1-21(2)29(17-33)19-37-31(35)27-13-9-25(10-14-27)23-5-7-24(8-6-23)26-11-15-28(16-12-26)32(36)38-20-30(18-34)22(3)4/h5-16,21-22,29-30H,19-20H2,1-4H3/t29-,30-/m1/s1. The smallest absolute Gasteiger partial charge is 0.338 e. The van der Waals surface area contributed by atoms with Crippen LogP contribution in [0.1, 0.15) is 48.4 Å². The molecular weight excluding hydrogens is 476 g/mol. The topological polar surface area (TPSA) is 100 Å². The maximum Gasteiger partial charge on any atom is 0.338 e. The number of ether oxygens (including phenoxy) is 2. The fourth-order valence-electron chi connectivity index (χ4n) is 3.71. The average Bonchev–Trinajstić information content (AvgIpc) is 2.93. The van der Waals surface area contributed by atoms with Gasteiger partial charge in [0.2, 0.25) is 0 Å². The van der Waals surface area contributed by atoms with E-state index >= 15 is 0 Å². The molecule has 6 heteroatoms. The van der Waals surface area contributed by atoms with Gasteiger partial charge in [-0.2, -0.15) is 10.5 Å². The summed E-state index contributed by atoms with van der Waals surface area (Å²) in [5, 5.41) is 18.3. The maximum atomic E-state index is 12.3. The molecular formula is C32H32N2O4. The molecule has 0 radical (unpaired) electrons. The van der Waals surface area contributed by atoms with E-state index in [1.54, 1.807) is 24.3 Å². The van der Waals surface area contributed by atoms with Gasteiger partial charge in [0.15, 0.2) is 0 Å². The summed E-state index contributed by atoms with van der Waals surface area (Å²) in [6, 6.07) is 26.7. The number of esters is 2. The van der Waals surface area contributed by atoms with Crippen LogP contribution in [0, 0.1) is 46.3 Å². The molecule has 2 atom stereocenters. The predicted octanol–water partition coefficient (Wildman–Crippen LogP) is 6.93. The number of benzene rings is 3. The molecule has 38 heavy (non-hydrogen) atoms. The van der Waals surface area contributed by atoms with Gasteiger partial charge in [0, 0.05) is 0 Å². The molecule has 0 amide bonds. The molecule has 0 aliphatic rings. The molecule has 0 aromatic heterocycles. The molecule has 3 rings (SSSR count). The molecule has 0 saturated heterocycles. The largest absolute Gasteiger partial charge is 0.461 e. The minimum Gasteiger partial charge on any atom is -0.461 e. The summed E-state index contributed by atoms with van der Waals surface area (Å²) in [5.74, 6) is -1.30. The van der Waals surface area contributed by atoms with Gasteiger partial charge in [-0.3, -0.25) is 0 Å². The molecule has 0 N–H and O–H groups in total. The number of hydrogen-bond acceptors (Lipinski definition) is 6. The van der Waals surface area contributed by atoms with Crippen LogP contribution in [0.3, 0.4) is 0 Å². The van der Waals surface area contributed by atoms with Crippen molar-refractivity contribution in [3.8, 4) is 34.4 Å². The summed E-state index contributed by atoms with van der Waals surface area (Å²) < 4.78 is 10.6. The quantitative estimate of drug-likeness (QED) is 0.275. The first-order valence-corrected chi connectivity index (χ1v) is 12.7. The van der Waals surface area contributed by atoms with Crippen LogP contribution in [-0.2, 0) is 9.47 Å². The Hall–Kier alpha value is -4.42. The fourth-order valence-corrected chi connectivity index (χ4v) is 3.71. The number of nitrogens with zero attached hydrogens (tertiary/aromatic N) is 2. The zero-order valence-corrected chi connectivity index (χ0v) is 22.2. The number of hydrogen-bond donors (Lipinski definition) is 0. The lowest BCUT2D eigenvalue weighted by Crippen LogP contribution is -2.17. The van der Waals surface area contributed by atoms with Crippen molar-refractivity contribution in [3.05, 3.63) is 83.9 Å². The first-order valence-electron chi connectivity index (χ1n) is 12.7. The highest BCUT2D eigenvalue weighted by Gasteiger charge is 2.17. The molecule has 3 aromatic rings. The summed E-state index contributed by atoms with van der Waals surface area (Å²) >= 11 is 0. The van der Waals surface area contributed by atoms with E-state index in [9.17, 15) is 9.59 Å². The van der Waals surface area contributed by atoms with Gasteiger partial charge in [0.05, 0.1) is 35.1 Å². The van der Waals surface area contributed by atoms with E-state index in [-0.39, 0.29) is 36.9 Å². The van der Waals surface area contributed by atoms with Crippen LogP contribution in [0.2, 0.25) is 0 Å². The molecule has 0 spiro atoms. The van der Waals surface area contributed by atoms with Crippen molar-refractivity contribution in [2.45, 2.75) is 27.7 Å². The maximum absolute atomic E-state index is 12.3. The van der Waals surface area contributed by atoms with Crippen LogP contribution in [-0.4, -0.2) is 25.2 Å². The van der Waals surface area contributed by atoms with E-state index in [4.69, 9.17) is 20.0 Å². The normalized spacial score (nSPS) is 12.3. The first kappa shape index (κ1) is 28.2. The van der Waals surface area contributed by atoms with Crippen molar-refractivity contribution in [2.24, 2.45) is 23.7 Å². The predicted molar refractivity (Wildman–Crippen MR) is 146 cm³/mol. The van der Waals surface area contributed by atoms with Crippen LogP contribution in [0.25, 0.3) is 22.3 Å². The van der Waals surface area contributed by atoms with E-state index in [1.807, 2.05) is 76.2 Å². The highest BCUT2D eigenvalue weighted by Crippen LogP contribution is 2.26. The number of carbonyl (C=O) groups is 2. The minimum absolute atomic E-state index is 0.0815. The molecule has 0 bridgehead atoms. The van der Waals surface area contributed by atoms with Crippen molar-refractivity contribution in [3.63, 3.8) is 0 Å². The number of nitriles is 2. The van der Waals surface area contributed by atoms with Gasteiger partial charge in [-0.15, -0.1) is 0 Å². The van der Waals surface area contributed by atoms with Crippen molar-refractivity contribution >= 4 is 11.9 Å². The summed E-state index contributed by atoms with van der Waals surface area (Å²) in [7, 11) is 0. The zero-order valence-electron chi connectivity index (χ0n) is 22.2. The van der Waals surface area contributed by atoms with Gasteiger partial charge in [0.25, 0.3) is 0 Å². The van der Waals surface area contributed by atoms with E-state index < -0.39 is 11.9 Å². The Balaban J connectivity index is 1.61. The lowest BCUT2D eigenvalue weighted by atomic mass is 9.98. The summed E-state index contributed by atoms with van der Waals surface area (Å²) in [4.78, 5) is 24.7. The second kappa shape index (κ2) is 13.2. The molecule has 0 saturated carbocycles. The van der Waals surface area contributed by atoms with E-state index in [1.165, 1.54) is 0 Å². The van der Waals surface area contributed by atoms with Crippen LogP contribution >= 0.6 is 0 Å². The second-order valence-corrected chi connectivity index (χ2v) is 9.89. The molecule has 194 valence electrons. The second-order valence-electron chi connectivity index (χ2n) is 9.89. The summed E-state index contributed by atoms with van der Waals surface area (Å²) in [6.07, 6.45) is 0. The molecule has 3 aromatic carbocycles. The number of rotatable bonds is 10. The lowest BCUT2D eigenvalue weighted by molar-refractivity contribution is 0.0436. The van der Waals surface area contributed by atoms with Crippen molar-refractivity contribution < 1.29 is 19.1 Å². The Kier molecular flexibility index (Phi) is 9.79. The molecule has 0 fully saturated rings. The monoisotopic (exact) mass is 508 g/mol. The van der Waals surface area contributed by atoms with Crippen LogP contribution < -0.4 is 0 Å². The summed E-state index contributed by atoms with van der Waals surface area (Å²) in [5.41, 5.74) is 4.79. The Morgan fingerprint density at radius 2 is 0.842 bits per heavy atom. The van der Waals surface area contributed by atoms with Crippen LogP contribution in [0.4, 0.5) is 0 Å². The third-order valence-corrected chi connectivity index (χ3v) is 6.52. The van der Waals surface area contributed by atoms with Crippen LogP contribution in [0.15, 0.2) is 72.8 Å². The lowest BCUT2D eigenvalue weighted by Gasteiger charge is -2.13. The Bertz CT molecular complexity index is 1210. The molecule has 0 aliphatic heterocycles. The molecule has 0 unspecified atom stereocenters. The highest BCUT2D eigenvalue weighted by atomic mass is 16.5. The minimum atomic E-state index is -0.440. The van der Waals surface area contributed by atoms with Crippen LogP contribution in [0.5, 0.6) is 0 Å². The molecule has 0 aliphatic carbocycles. The number of carbonyl (C=O) groups excluding carboxylic acids is 2. The van der Waals surface area contributed by atoms with Gasteiger partial charge < -0.3 is 9.47 Å². The zero-order chi connectivity index (χ0) is 27.7. The molecule has 0 heterocycles. The van der Waals surface area contributed by atoms with Gasteiger partial charge in [0.1, 0.15) is 13.2 Å². The van der Waals surface area contributed by atoms with Crippen molar-refractivity contribution in [2.75, 3.05) is 13.2 Å². The highest BCUT2D eigenvalue weighted by molar-refractivity contribution is 5.91. The average molecular weight is 509 g/mol. The van der Waals surface area contributed by atoms with Gasteiger partial charge >= 0.3 is 11.9 Å². The summed E-state index contributed by atoms with van der Waals surface area (Å²) in [6.45, 7) is 7.87. The Labute approximate surface area is 224 Å². The third kappa shape index (κ3) is 7.31. The third-order valence-electron chi connectivity index (χ3n) is 6.52. The van der Waals surface area contributed by atoms with Gasteiger partial charge in [-0.1, -0.05) is 76.2 Å². The Morgan fingerprint density at radius 1 is 0.579 bits per heavy atom. The van der Waals surface area contributed by atoms with E-state index in [0.29, 0.717) is 11.1 Å². The van der Waals surface area contributed by atoms with Crippen molar-refractivity contribution in [1.82, 2.24) is 0 Å². The SMILES string of the molecule is CC(C)[C@H](C#N)COC(=O)c1ccc(-c2ccc(-c3ccc(C(=O)OC[C@@H](C#N)C(C)C)cc3)cc2)cc1. The molecule has 6 nitrogen and oxygen atoms in total. The first-order chi connectivity index (χ1) is 18.2. The Morgan fingerprint density at radius 3 is 1.08 bits per heavy atom. The van der Waals surface area contributed by atoms with Gasteiger partial charge in [-0.05, 0) is 58.4 Å². The van der Waals surface area contributed by atoms with Crippen molar-refractivity contribution in [1.29, 1.82) is 10.5 Å². The van der Waals surface area contributed by atoms with E-state index in [2.05, 4.69) is 12.1 Å². The van der Waals surface area contributed by atoms with Gasteiger partial charge in [-0.25, -0.2) is 9.59 Å².